The second-order valence-electron chi connectivity index (χ2n) is 5.54. The zero-order valence-corrected chi connectivity index (χ0v) is 12.6. The number of ether oxygens (including phenoxy) is 1. The Hall–Kier alpha value is -0.870. The predicted molar refractivity (Wildman–Crippen MR) is 77.4 cm³/mol. The molecular weight excluding hydrogens is 238 g/mol. The molecule has 0 aromatic carbocycles. The summed E-state index contributed by atoms with van der Waals surface area (Å²) in [6.45, 7) is 8.31. The monoisotopic (exact) mass is 265 g/mol. The van der Waals surface area contributed by atoms with Crippen LogP contribution in [-0.2, 0) is 24.1 Å². The van der Waals surface area contributed by atoms with Gasteiger partial charge in [-0.3, -0.25) is 4.68 Å². The molecular formula is C15H27N3O. The Morgan fingerprint density at radius 3 is 2.84 bits per heavy atom. The minimum absolute atomic E-state index is 0.406. The van der Waals surface area contributed by atoms with E-state index in [4.69, 9.17) is 4.74 Å². The number of nitrogens with zero attached hydrogens (tertiary/aromatic N) is 2. The molecule has 1 saturated heterocycles. The van der Waals surface area contributed by atoms with Crippen LogP contribution in [0.5, 0.6) is 0 Å². The molecule has 0 radical (unpaired) electrons. The summed E-state index contributed by atoms with van der Waals surface area (Å²) in [6.07, 6.45) is 3.61. The van der Waals surface area contributed by atoms with Crippen LogP contribution in [-0.4, -0.2) is 35.6 Å². The summed E-state index contributed by atoms with van der Waals surface area (Å²) in [5.74, 6) is 0.616. The number of hydrogen-bond acceptors (Lipinski definition) is 3. The van der Waals surface area contributed by atoms with Gasteiger partial charge in [0.2, 0.25) is 0 Å². The summed E-state index contributed by atoms with van der Waals surface area (Å²) in [7, 11) is 2.06. The Bertz CT molecular complexity index is 402. The summed E-state index contributed by atoms with van der Waals surface area (Å²) in [6, 6.07) is 2.74. The van der Waals surface area contributed by atoms with Crippen molar-refractivity contribution in [2.24, 2.45) is 5.92 Å². The van der Waals surface area contributed by atoms with Crippen LogP contribution in [0.15, 0.2) is 6.07 Å². The van der Waals surface area contributed by atoms with E-state index < -0.39 is 0 Å². The Labute approximate surface area is 116 Å². The normalized spacial score (nSPS) is 24.8. The van der Waals surface area contributed by atoms with E-state index in [-0.39, 0.29) is 0 Å². The molecule has 1 aromatic rings. The minimum atomic E-state index is 0.406. The second-order valence-corrected chi connectivity index (χ2v) is 5.54. The number of aromatic nitrogens is 2. The lowest BCUT2D eigenvalue weighted by atomic mass is 9.93. The standard InChI is InChI=1S/C15H27N3O/c1-5-13-8-14(18(6-2)17-13)9-15(16-4)12-7-11(3)19-10-12/h8,11-12,15-16H,5-7,9-10H2,1-4H3. The van der Waals surface area contributed by atoms with Gasteiger partial charge in [-0.1, -0.05) is 6.92 Å². The van der Waals surface area contributed by atoms with Gasteiger partial charge in [0, 0.05) is 30.6 Å². The van der Waals surface area contributed by atoms with Gasteiger partial charge in [-0.25, -0.2) is 0 Å². The molecule has 1 aliphatic heterocycles. The second kappa shape index (κ2) is 6.53. The van der Waals surface area contributed by atoms with Gasteiger partial charge in [0.1, 0.15) is 0 Å². The molecule has 1 aromatic heterocycles. The Kier molecular flexibility index (Phi) is 4.99. The molecule has 3 unspecified atom stereocenters. The quantitative estimate of drug-likeness (QED) is 0.855. The van der Waals surface area contributed by atoms with Crippen molar-refractivity contribution in [2.45, 2.75) is 58.7 Å². The molecule has 0 bridgehead atoms. The lowest BCUT2D eigenvalue weighted by molar-refractivity contribution is 0.117. The van der Waals surface area contributed by atoms with E-state index in [0.29, 0.717) is 18.1 Å². The molecule has 1 N–H and O–H groups in total. The van der Waals surface area contributed by atoms with Gasteiger partial charge in [-0.2, -0.15) is 5.10 Å². The van der Waals surface area contributed by atoms with Crippen molar-refractivity contribution >= 4 is 0 Å². The first-order valence-electron chi connectivity index (χ1n) is 7.52. The molecule has 2 heterocycles. The largest absolute Gasteiger partial charge is 0.378 e. The maximum absolute atomic E-state index is 5.71. The van der Waals surface area contributed by atoms with Crippen LogP contribution in [0.4, 0.5) is 0 Å². The SMILES string of the molecule is CCc1cc(CC(NC)C2COC(C)C2)n(CC)n1. The predicted octanol–water partition coefficient (Wildman–Crippen LogP) is 2.02. The molecule has 0 saturated carbocycles. The summed E-state index contributed by atoms with van der Waals surface area (Å²) in [4.78, 5) is 0. The fourth-order valence-corrected chi connectivity index (χ4v) is 2.99. The third-order valence-electron chi connectivity index (χ3n) is 4.17. The lowest BCUT2D eigenvalue weighted by Crippen LogP contribution is -2.36. The van der Waals surface area contributed by atoms with Crippen molar-refractivity contribution in [2.75, 3.05) is 13.7 Å². The van der Waals surface area contributed by atoms with Gasteiger partial charge in [-0.05, 0) is 39.8 Å². The van der Waals surface area contributed by atoms with Crippen molar-refractivity contribution in [1.82, 2.24) is 15.1 Å². The number of rotatable bonds is 6. The number of likely N-dealkylation sites (N-methyl/N-ethyl adjacent to an activating group) is 1. The molecule has 19 heavy (non-hydrogen) atoms. The van der Waals surface area contributed by atoms with E-state index in [1.54, 1.807) is 0 Å². The zero-order chi connectivity index (χ0) is 13.8. The number of aryl methyl sites for hydroxylation is 2. The summed E-state index contributed by atoms with van der Waals surface area (Å²) < 4.78 is 7.85. The Balaban J connectivity index is 2.07. The highest BCUT2D eigenvalue weighted by molar-refractivity contribution is 5.12. The third kappa shape index (κ3) is 3.37. The van der Waals surface area contributed by atoms with Crippen LogP contribution >= 0.6 is 0 Å². The molecule has 2 rings (SSSR count). The van der Waals surface area contributed by atoms with Crippen molar-refractivity contribution in [1.29, 1.82) is 0 Å². The van der Waals surface area contributed by atoms with E-state index in [1.807, 2.05) is 0 Å². The van der Waals surface area contributed by atoms with Crippen LogP contribution in [0.25, 0.3) is 0 Å². The maximum atomic E-state index is 5.71. The third-order valence-corrected chi connectivity index (χ3v) is 4.17. The minimum Gasteiger partial charge on any atom is -0.378 e. The van der Waals surface area contributed by atoms with Crippen molar-refractivity contribution < 1.29 is 4.74 Å². The molecule has 4 heteroatoms. The average Bonchev–Trinajstić information content (AvgIpc) is 3.01. The maximum Gasteiger partial charge on any atom is 0.0624 e. The molecule has 1 fully saturated rings. The summed E-state index contributed by atoms with van der Waals surface area (Å²) in [5, 5.41) is 8.10. The van der Waals surface area contributed by atoms with Gasteiger partial charge in [0.25, 0.3) is 0 Å². The van der Waals surface area contributed by atoms with Crippen molar-refractivity contribution in [3.63, 3.8) is 0 Å². The first-order chi connectivity index (χ1) is 9.17. The highest BCUT2D eigenvalue weighted by Crippen LogP contribution is 2.24. The van der Waals surface area contributed by atoms with Gasteiger partial charge < -0.3 is 10.1 Å². The van der Waals surface area contributed by atoms with E-state index >= 15 is 0 Å². The van der Waals surface area contributed by atoms with Gasteiger partial charge in [0.15, 0.2) is 0 Å². The molecule has 0 amide bonds. The fraction of sp³-hybridized carbons (Fsp3) is 0.800. The van der Waals surface area contributed by atoms with E-state index in [0.717, 1.165) is 32.4 Å². The van der Waals surface area contributed by atoms with Crippen LogP contribution in [0.2, 0.25) is 0 Å². The van der Waals surface area contributed by atoms with Crippen LogP contribution in [0.3, 0.4) is 0 Å². The number of hydrogen-bond donors (Lipinski definition) is 1. The van der Waals surface area contributed by atoms with Crippen LogP contribution in [0, 0.1) is 5.92 Å². The first kappa shape index (κ1) is 14.5. The molecule has 4 nitrogen and oxygen atoms in total. The van der Waals surface area contributed by atoms with Crippen molar-refractivity contribution in [3.05, 3.63) is 17.5 Å². The Morgan fingerprint density at radius 1 is 1.53 bits per heavy atom. The van der Waals surface area contributed by atoms with E-state index in [1.165, 1.54) is 11.4 Å². The molecule has 0 spiro atoms. The molecule has 108 valence electrons. The first-order valence-corrected chi connectivity index (χ1v) is 7.52. The van der Waals surface area contributed by atoms with E-state index in [2.05, 4.69) is 49.0 Å². The van der Waals surface area contributed by atoms with Crippen molar-refractivity contribution in [3.8, 4) is 0 Å². The molecule has 3 atom stereocenters. The van der Waals surface area contributed by atoms with E-state index in [9.17, 15) is 0 Å². The fourth-order valence-electron chi connectivity index (χ4n) is 2.99. The average molecular weight is 265 g/mol. The number of nitrogens with one attached hydrogen (secondary N) is 1. The summed E-state index contributed by atoms with van der Waals surface area (Å²) >= 11 is 0. The molecule has 0 aliphatic carbocycles. The zero-order valence-electron chi connectivity index (χ0n) is 12.6. The van der Waals surface area contributed by atoms with Gasteiger partial charge >= 0.3 is 0 Å². The van der Waals surface area contributed by atoms with Crippen LogP contribution in [0.1, 0.15) is 38.6 Å². The molecule has 1 aliphatic rings. The summed E-state index contributed by atoms with van der Waals surface area (Å²) in [5.41, 5.74) is 2.54. The smallest absolute Gasteiger partial charge is 0.0624 e. The highest BCUT2D eigenvalue weighted by atomic mass is 16.5. The van der Waals surface area contributed by atoms with Gasteiger partial charge in [-0.15, -0.1) is 0 Å². The van der Waals surface area contributed by atoms with Gasteiger partial charge in [0.05, 0.1) is 18.4 Å². The van der Waals surface area contributed by atoms with Crippen LogP contribution < -0.4 is 5.32 Å². The highest BCUT2D eigenvalue weighted by Gasteiger charge is 2.29. The lowest BCUT2D eigenvalue weighted by Gasteiger charge is -2.22. The Morgan fingerprint density at radius 2 is 2.32 bits per heavy atom. The topological polar surface area (TPSA) is 39.1 Å².